The van der Waals surface area contributed by atoms with Crippen molar-refractivity contribution in [2.24, 2.45) is 5.92 Å². The van der Waals surface area contributed by atoms with Crippen LogP contribution >= 0.6 is 11.6 Å². The number of sulfone groups is 1. The SMILES string of the molecule is CC(CC=CCCCCS(=O)(=O)c1ccc(Cl)cc1)C(=O)O. The fourth-order valence-corrected chi connectivity index (χ4v) is 3.33. The summed E-state index contributed by atoms with van der Waals surface area (Å²) in [6, 6.07) is 6.18. The van der Waals surface area contributed by atoms with E-state index in [-0.39, 0.29) is 11.7 Å². The van der Waals surface area contributed by atoms with Crippen molar-refractivity contribution in [3.63, 3.8) is 0 Å². The molecule has 122 valence electrons. The van der Waals surface area contributed by atoms with Crippen molar-refractivity contribution in [2.75, 3.05) is 5.75 Å². The van der Waals surface area contributed by atoms with Gasteiger partial charge >= 0.3 is 5.97 Å². The van der Waals surface area contributed by atoms with Crippen molar-refractivity contribution in [1.29, 1.82) is 0 Å². The molecule has 0 saturated carbocycles. The second kappa shape index (κ2) is 8.96. The van der Waals surface area contributed by atoms with Crippen molar-refractivity contribution >= 4 is 27.4 Å². The molecule has 0 spiro atoms. The predicted octanol–water partition coefficient (Wildman–Crippen LogP) is 3.95. The normalized spacial score (nSPS) is 13.4. The number of carboxylic acids is 1. The topological polar surface area (TPSA) is 71.4 Å². The van der Waals surface area contributed by atoms with E-state index in [0.29, 0.717) is 22.8 Å². The van der Waals surface area contributed by atoms with E-state index < -0.39 is 15.8 Å². The summed E-state index contributed by atoms with van der Waals surface area (Å²) in [7, 11) is -3.25. The predicted molar refractivity (Wildman–Crippen MR) is 87.9 cm³/mol. The number of hydrogen-bond donors (Lipinski definition) is 1. The first-order chi connectivity index (χ1) is 10.3. The van der Waals surface area contributed by atoms with Crippen LogP contribution in [0, 0.1) is 5.92 Å². The van der Waals surface area contributed by atoms with Crippen LogP contribution in [0.25, 0.3) is 0 Å². The molecular formula is C16H21ClO4S. The number of unbranched alkanes of at least 4 members (excludes halogenated alkanes) is 2. The zero-order valence-corrected chi connectivity index (χ0v) is 14.1. The lowest BCUT2D eigenvalue weighted by Crippen LogP contribution is -2.07. The van der Waals surface area contributed by atoms with Crippen molar-refractivity contribution in [1.82, 2.24) is 0 Å². The van der Waals surface area contributed by atoms with Crippen LogP contribution < -0.4 is 0 Å². The first-order valence-corrected chi connectivity index (χ1v) is 9.22. The first kappa shape index (κ1) is 18.7. The van der Waals surface area contributed by atoms with Crippen LogP contribution in [0.15, 0.2) is 41.3 Å². The molecule has 0 saturated heterocycles. The highest BCUT2D eigenvalue weighted by Gasteiger charge is 2.13. The zero-order chi connectivity index (χ0) is 16.6. The fraction of sp³-hybridized carbons (Fsp3) is 0.438. The summed E-state index contributed by atoms with van der Waals surface area (Å²) in [6.45, 7) is 1.66. The van der Waals surface area contributed by atoms with E-state index in [0.717, 1.165) is 12.8 Å². The molecule has 1 aromatic carbocycles. The lowest BCUT2D eigenvalue weighted by atomic mass is 10.1. The summed E-state index contributed by atoms with van der Waals surface area (Å²) in [5, 5.41) is 9.24. The van der Waals surface area contributed by atoms with Gasteiger partial charge in [0.05, 0.1) is 16.6 Å². The van der Waals surface area contributed by atoms with E-state index in [1.807, 2.05) is 12.2 Å². The molecule has 1 rings (SSSR count). The summed E-state index contributed by atoms with van der Waals surface area (Å²) in [4.78, 5) is 10.9. The number of hydrogen-bond acceptors (Lipinski definition) is 3. The van der Waals surface area contributed by atoms with Crippen LogP contribution in [0.2, 0.25) is 5.02 Å². The minimum Gasteiger partial charge on any atom is -0.481 e. The molecule has 1 atom stereocenters. The Morgan fingerprint density at radius 2 is 1.86 bits per heavy atom. The van der Waals surface area contributed by atoms with Gasteiger partial charge in [0, 0.05) is 5.02 Å². The molecule has 0 fully saturated rings. The number of carboxylic acid groups (broad SMARTS) is 1. The molecule has 0 aliphatic heterocycles. The summed E-state index contributed by atoms with van der Waals surface area (Å²) < 4.78 is 24.1. The molecule has 1 aromatic rings. The number of rotatable bonds is 9. The maximum atomic E-state index is 12.1. The first-order valence-electron chi connectivity index (χ1n) is 7.19. The van der Waals surface area contributed by atoms with Crippen LogP contribution in [0.5, 0.6) is 0 Å². The van der Waals surface area contributed by atoms with E-state index in [1.165, 1.54) is 12.1 Å². The number of aliphatic carboxylic acids is 1. The molecule has 0 aliphatic rings. The van der Waals surface area contributed by atoms with Gasteiger partial charge in [0.15, 0.2) is 9.84 Å². The van der Waals surface area contributed by atoms with Crippen LogP contribution in [0.1, 0.15) is 32.6 Å². The Bertz CT molecular complexity index is 606. The maximum absolute atomic E-state index is 12.1. The number of allylic oxidation sites excluding steroid dienone is 2. The minimum absolute atomic E-state index is 0.105. The molecule has 1 unspecified atom stereocenters. The highest BCUT2D eigenvalue weighted by molar-refractivity contribution is 7.91. The Morgan fingerprint density at radius 1 is 1.23 bits per heavy atom. The van der Waals surface area contributed by atoms with Crippen molar-refractivity contribution in [3.8, 4) is 0 Å². The molecule has 1 N–H and O–H groups in total. The van der Waals surface area contributed by atoms with E-state index in [4.69, 9.17) is 16.7 Å². The second-order valence-corrected chi connectivity index (χ2v) is 7.76. The number of benzene rings is 1. The second-order valence-electron chi connectivity index (χ2n) is 5.21. The van der Waals surface area contributed by atoms with Gasteiger partial charge in [-0.05, 0) is 49.9 Å². The van der Waals surface area contributed by atoms with Crippen LogP contribution in [0.4, 0.5) is 0 Å². The van der Waals surface area contributed by atoms with E-state index in [2.05, 4.69) is 0 Å². The Hall–Kier alpha value is -1.33. The monoisotopic (exact) mass is 344 g/mol. The lowest BCUT2D eigenvalue weighted by Gasteiger charge is -2.04. The third kappa shape index (κ3) is 6.62. The Morgan fingerprint density at radius 3 is 2.45 bits per heavy atom. The molecule has 6 heteroatoms. The average Bonchev–Trinajstić information content (AvgIpc) is 2.46. The highest BCUT2D eigenvalue weighted by Crippen LogP contribution is 2.16. The van der Waals surface area contributed by atoms with Gasteiger partial charge in [0.1, 0.15) is 0 Å². The molecular weight excluding hydrogens is 324 g/mol. The maximum Gasteiger partial charge on any atom is 0.306 e. The molecule has 22 heavy (non-hydrogen) atoms. The summed E-state index contributed by atoms with van der Waals surface area (Å²) in [5.74, 6) is -1.09. The van der Waals surface area contributed by atoms with Crippen molar-refractivity contribution < 1.29 is 18.3 Å². The summed E-state index contributed by atoms with van der Waals surface area (Å²) in [5.41, 5.74) is 0. The quantitative estimate of drug-likeness (QED) is 0.544. The van der Waals surface area contributed by atoms with Gasteiger partial charge in [-0.25, -0.2) is 8.42 Å². The molecule has 0 radical (unpaired) electrons. The van der Waals surface area contributed by atoms with Gasteiger partial charge in [-0.15, -0.1) is 0 Å². The van der Waals surface area contributed by atoms with E-state index >= 15 is 0 Å². The molecule has 0 amide bonds. The van der Waals surface area contributed by atoms with Crippen molar-refractivity contribution in [3.05, 3.63) is 41.4 Å². The minimum atomic E-state index is -3.25. The average molecular weight is 345 g/mol. The van der Waals surface area contributed by atoms with Gasteiger partial charge in [0.2, 0.25) is 0 Å². The Balaban J connectivity index is 2.31. The lowest BCUT2D eigenvalue weighted by molar-refractivity contribution is -0.140. The van der Waals surface area contributed by atoms with Gasteiger partial charge < -0.3 is 5.11 Å². The van der Waals surface area contributed by atoms with E-state index in [1.54, 1.807) is 19.1 Å². The smallest absolute Gasteiger partial charge is 0.306 e. The van der Waals surface area contributed by atoms with Crippen LogP contribution in [0.3, 0.4) is 0 Å². The standard InChI is InChI=1S/C16H21ClO4S/c1-13(16(18)19)7-5-3-2-4-6-12-22(20,21)15-10-8-14(17)9-11-15/h3,5,8-11,13H,2,4,6-7,12H2,1H3,(H,18,19). The van der Waals surface area contributed by atoms with Gasteiger partial charge in [-0.3, -0.25) is 4.79 Å². The van der Waals surface area contributed by atoms with Crippen LogP contribution in [-0.4, -0.2) is 25.2 Å². The number of carbonyl (C=O) groups is 1. The summed E-state index contributed by atoms with van der Waals surface area (Å²) >= 11 is 5.74. The molecule has 0 heterocycles. The van der Waals surface area contributed by atoms with Crippen molar-refractivity contribution in [2.45, 2.75) is 37.5 Å². The van der Waals surface area contributed by atoms with Crippen LogP contribution in [-0.2, 0) is 14.6 Å². The Kier molecular flexibility index (Phi) is 7.62. The molecule has 4 nitrogen and oxygen atoms in total. The molecule has 0 aliphatic carbocycles. The number of halogens is 1. The molecule has 0 bridgehead atoms. The third-order valence-corrected chi connectivity index (χ3v) is 5.35. The van der Waals surface area contributed by atoms with Gasteiger partial charge in [0.25, 0.3) is 0 Å². The molecule has 0 aromatic heterocycles. The zero-order valence-electron chi connectivity index (χ0n) is 12.5. The third-order valence-electron chi connectivity index (χ3n) is 3.28. The fourth-order valence-electron chi connectivity index (χ4n) is 1.83. The van der Waals surface area contributed by atoms with Gasteiger partial charge in [-0.1, -0.05) is 30.7 Å². The summed E-state index contributed by atoms with van der Waals surface area (Å²) in [6.07, 6.45) is 6.33. The Labute approximate surface area is 136 Å². The highest BCUT2D eigenvalue weighted by atomic mass is 35.5. The van der Waals surface area contributed by atoms with E-state index in [9.17, 15) is 13.2 Å². The largest absolute Gasteiger partial charge is 0.481 e. The van der Waals surface area contributed by atoms with Gasteiger partial charge in [-0.2, -0.15) is 0 Å².